The van der Waals surface area contributed by atoms with E-state index in [9.17, 15) is 4.79 Å². The Morgan fingerprint density at radius 2 is 2.03 bits per heavy atom. The average Bonchev–Trinajstić information content (AvgIpc) is 3.31. The third-order valence-electron chi connectivity index (χ3n) is 5.68. The zero-order valence-electron chi connectivity index (χ0n) is 17.1. The number of methoxy groups -OCH3 is 1. The van der Waals surface area contributed by atoms with Gasteiger partial charge in [0.1, 0.15) is 5.75 Å². The van der Waals surface area contributed by atoms with Crippen LogP contribution in [0.5, 0.6) is 5.75 Å². The smallest absolute Gasteiger partial charge is 0.237 e. The van der Waals surface area contributed by atoms with Gasteiger partial charge in [-0.05, 0) is 55.7 Å². The first kappa shape index (κ1) is 18.9. The van der Waals surface area contributed by atoms with E-state index in [2.05, 4.69) is 30.1 Å². The molecular weight excluding hydrogens is 396 g/mol. The number of carbonyl (C=O) groups is 1. The van der Waals surface area contributed by atoms with E-state index in [1.54, 1.807) is 7.11 Å². The molecule has 0 spiro atoms. The van der Waals surface area contributed by atoms with Crippen molar-refractivity contribution in [3.8, 4) is 5.75 Å². The highest BCUT2D eigenvalue weighted by Gasteiger charge is 2.30. The molecule has 0 aliphatic carbocycles. The van der Waals surface area contributed by atoms with E-state index in [0.29, 0.717) is 10.9 Å². The number of amides is 1. The summed E-state index contributed by atoms with van der Waals surface area (Å²) in [5, 5.41) is 10.5. The lowest BCUT2D eigenvalue weighted by molar-refractivity contribution is -0.116. The molecular formula is C23H22N4O2S. The summed E-state index contributed by atoms with van der Waals surface area (Å²) in [5.74, 6) is 1.17. The Hall–Kier alpha value is -3.06. The Morgan fingerprint density at radius 1 is 1.20 bits per heavy atom. The Bertz CT molecular complexity index is 1280. The minimum absolute atomic E-state index is 0.0863. The Morgan fingerprint density at radius 3 is 2.87 bits per heavy atom. The monoisotopic (exact) mass is 418 g/mol. The van der Waals surface area contributed by atoms with Gasteiger partial charge in [0.2, 0.25) is 5.91 Å². The van der Waals surface area contributed by atoms with Crippen LogP contribution < -0.4 is 9.64 Å². The summed E-state index contributed by atoms with van der Waals surface area (Å²) in [6.07, 6.45) is 0.893. The van der Waals surface area contributed by atoms with Crippen LogP contribution in [0.4, 0.5) is 5.69 Å². The molecule has 0 fully saturated rings. The van der Waals surface area contributed by atoms with Gasteiger partial charge in [0, 0.05) is 23.2 Å². The zero-order valence-corrected chi connectivity index (χ0v) is 17.9. The summed E-state index contributed by atoms with van der Waals surface area (Å²) in [6, 6.07) is 16.3. The summed E-state index contributed by atoms with van der Waals surface area (Å²) in [6.45, 7) is 4.16. The van der Waals surface area contributed by atoms with Crippen molar-refractivity contribution in [3.05, 3.63) is 59.7 Å². The molecule has 0 N–H and O–H groups in total. The second-order valence-corrected chi connectivity index (χ2v) is 8.56. The number of aromatic nitrogens is 3. The van der Waals surface area contributed by atoms with E-state index in [1.807, 2.05) is 51.8 Å². The van der Waals surface area contributed by atoms with Gasteiger partial charge < -0.3 is 9.64 Å². The van der Waals surface area contributed by atoms with Gasteiger partial charge in [0.15, 0.2) is 10.8 Å². The van der Waals surface area contributed by atoms with Crippen molar-refractivity contribution in [2.24, 2.45) is 0 Å². The summed E-state index contributed by atoms with van der Waals surface area (Å²) < 4.78 is 7.42. The highest BCUT2D eigenvalue weighted by molar-refractivity contribution is 7.99. The van der Waals surface area contributed by atoms with Gasteiger partial charge in [-0.2, -0.15) is 0 Å². The summed E-state index contributed by atoms with van der Waals surface area (Å²) in [5.41, 5.74) is 5.12. The van der Waals surface area contributed by atoms with E-state index in [-0.39, 0.29) is 11.9 Å². The summed E-state index contributed by atoms with van der Waals surface area (Å²) in [4.78, 5) is 15.0. The number of fused-ring (bicyclic) bond motifs is 4. The number of para-hydroxylation sites is 1. The molecule has 0 bridgehead atoms. The van der Waals surface area contributed by atoms with Crippen LogP contribution in [-0.2, 0) is 11.2 Å². The lowest BCUT2D eigenvalue weighted by Gasteiger charge is -2.22. The predicted octanol–water partition coefficient (Wildman–Crippen LogP) is 4.27. The number of aryl methyl sites for hydroxylation is 1. The number of carbonyl (C=O) groups excluding carboxylic acids is 1. The molecule has 0 saturated heterocycles. The molecule has 1 aliphatic heterocycles. The number of benzene rings is 2. The highest BCUT2D eigenvalue weighted by Crippen LogP contribution is 2.33. The average molecular weight is 419 g/mol. The van der Waals surface area contributed by atoms with E-state index in [0.717, 1.165) is 40.0 Å². The molecule has 7 heteroatoms. The van der Waals surface area contributed by atoms with Crippen LogP contribution in [0.2, 0.25) is 0 Å². The molecule has 0 saturated carbocycles. The molecule has 30 heavy (non-hydrogen) atoms. The van der Waals surface area contributed by atoms with Crippen LogP contribution >= 0.6 is 11.8 Å². The van der Waals surface area contributed by atoms with Gasteiger partial charge in [-0.25, -0.2) is 0 Å². The first-order valence-corrected chi connectivity index (χ1v) is 10.9. The number of ether oxygens (including phenoxy) is 1. The van der Waals surface area contributed by atoms with Crippen LogP contribution in [0.15, 0.2) is 53.7 Å². The first-order chi connectivity index (χ1) is 14.6. The van der Waals surface area contributed by atoms with Gasteiger partial charge in [-0.1, -0.05) is 30.0 Å². The lowest BCUT2D eigenvalue weighted by Crippen LogP contribution is -2.37. The fourth-order valence-electron chi connectivity index (χ4n) is 4.26. The van der Waals surface area contributed by atoms with Gasteiger partial charge in [-0.3, -0.25) is 9.20 Å². The molecule has 152 valence electrons. The molecule has 4 aromatic rings. The maximum Gasteiger partial charge on any atom is 0.237 e. The lowest BCUT2D eigenvalue weighted by atomic mass is 10.1. The van der Waals surface area contributed by atoms with Gasteiger partial charge in [0.05, 0.1) is 18.4 Å². The van der Waals surface area contributed by atoms with Crippen LogP contribution in [-0.4, -0.2) is 39.4 Å². The van der Waals surface area contributed by atoms with Gasteiger partial charge >= 0.3 is 0 Å². The van der Waals surface area contributed by atoms with Crippen molar-refractivity contribution < 1.29 is 9.53 Å². The van der Waals surface area contributed by atoms with Crippen molar-refractivity contribution in [1.29, 1.82) is 0 Å². The quantitative estimate of drug-likeness (QED) is 0.463. The van der Waals surface area contributed by atoms with Crippen molar-refractivity contribution in [2.75, 3.05) is 17.8 Å². The SMILES string of the molecule is COc1ccc2c(C)cc3nnc(SCC(=O)N4c5ccccc5C[C@H]4C)n3c2c1. The van der Waals surface area contributed by atoms with E-state index in [4.69, 9.17) is 4.74 Å². The highest BCUT2D eigenvalue weighted by atomic mass is 32.2. The van der Waals surface area contributed by atoms with Gasteiger partial charge in [-0.15, -0.1) is 10.2 Å². The summed E-state index contributed by atoms with van der Waals surface area (Å²) >= 11 is 1.42. The zero-order chi connectivity index (χ0) is 20.8. The van der Waals surface area contributed by atoms with Crippen LogP contribution in [0, 0.1) is 6.92 Å². The third-order valence-corrected chi connectivity index (χ3v) is 6.59. The molecule has 3 heterocycles. The molecule has 2 aromatic carbocycles. The van der Waals surface area contributed by atoms with Crippen LogP contribution in [0.3, 0.4) is 0 Å². The van der Waals surface area contributed by atoms with Crippen molar-refractivity contribution >= 4 is 39.9 Å². The number of nitrogens with zero attached hydrogens (tertiary/aromatic N) is 4. The van der Waals surface area contributed by atoms with Crippen molar-refractivity contribution in [2.45, 2.75) is 31.5 Å². The molecule has 0 unspecified atom stereocenters. The largest absolute Gasteiger partial charge is 0.497 e. The standard InChI is InChI=1S/C23H22N4O2S/c1-14-10-21-24-25-23(27(21)20-12-17(29-3)8-9-18(14)20)30-13-22(28)26-15(2)11-16-6-4-5-7-19(16)26/h4-10,12,15H,11,13H2,1-3H3/t15-/m1/s1. The maximum atomic E-state index is 13.1. The number of rotatable bonds is 4. The molecule has 2 aromatic heterocycles. The molecule has 1 aliphatic rings. The predicted molar refractivity (Wildman–Crippen MR) is 120 cm³/mol. The van der Waals surface area contributed by atoms with E-state index >= 15 is 0 Å². The molecule has 6 nitrogen and oxygen atoms in total. The number of hydrogen-bond donors (Lipinski definition) is 0. The van der Waals surface area contributed by atoms with E-state index < -0.39 is 0 Å². The summed E-state index contributed by atoms with van der Waals surface area (Å²) in [7, 11) is 1.66. The minimum atomic E-state index is 0.0863. The van der Waals surface area contributed by atoms with Crippen molar-refractivity contribution in [1.82, 2.24) is 14.6 Å². The second-order valence-electron chi connectivity index (χ2n) is 7.62. The third kappa shape index (κ3) is 3.01. The normalized spacial score (nSPS) is 15.7. The van der Waals surface area contributed by atoms with E-state index in [1.165, 1.54) is 17.3 Å². The number of hydrogen-bond acceptors (Lipinski definition) is 5. The van der Waals surface area contributed by atoms with Crippen LogP contribution in [0.1, 0.15) is 18.1 Å². The molecule has 1 amide bonds. The molecule has 5 rings (SSSR count). The number of thioether (sulfide) groups is 1. The topological polar surface area (TPSA) is 59.7 Å². The number of anilines is 1. The molecule has 0 radical (unpaired) electrons. The Balaban J connectivity index is 1.48. The Kier molecular flexibility index (Phi) is 4.62. The fourth-order valence-corrected chi connectivity index (χ4v) is 5.08. The second kappa shape index (κ2) is 7.32. The van der Waals surface area contributed by atoms with Crippen LogP contribution in [0.25, 0.3) is 16.6 Å². The number of pyridine rings is 1. The van der Waals surface area contributed by atoms with Gasteiger partial charge in [0.25, 0.3) is 0 Å². The fraction of sp³-hybridized carbons (Fsp3) is 0.261. The first-order valence-electron chi connectivity index (χ1n) is 9.92. The molecule has 1 atom stereocenters. The Labute approximate surface area is 178 Å². The maximum absolute atomic E-state index is 13.1. The van der Waals surface area contributed by atoms with Crippen molar-refractivity contribution in [3.63, 3.8) is 0 Å². The minimum Gasteiger partial charge on any atom is -0.497 e.